The summed E-state index contributed by atoms with van der Waals surface area (Å²) in [4.78, 5) is 18.6. The molecule has 1 aliphatic heterocycles. The van der Waals surface area contributed by atoms with E-state index in [1.165, 1.54) is 0 Å². The average Bonchev–Trinajstić information content (AvgIpc) is 3.57. The first kappa shape index (κ1) is 21.2. The number of nitrogens with one attached hydrogen (secondary N) is 1. The average molecular weight is 467 g/mol. The van der Waals surface area contributed by atoms with Crippen LogP contribution in [-0.2, 0) is 6.54 Å². The topological polar surface area (TPSA) is 108 Å². The fourth-order valence-corrected chi connectivity index (χ4v) is 4.24. The Morgan fingerprint density at radius 3 is 3.03 bits per heavy atom. The standard InChI is InChI=1S/C23H22N4O5S/c1-14-7-18(19-10-25-27(22(19)26-14)11-17-3-2-6-33-17)23(29)24-9-15(28)12-30-16-4-5-20-21(8-16)32-13-31-20/h2-8,10,15,28H,9,11-13H2,1H3,(H,24,29). The van der Waals surface area contributed by atoms with Crippen LogP contribution in [0, 0.1) is 6.92 Å². The minimum absolute atomic E-state index is 0.0173. The van der Waals surface area contributed by atoms with E-state index in [0.717, 1.165) is 4.88 Å². The number of carbonyl (C=O) groups excluding carboxylic acids is 1. The summed E-state index contributed by atoms with van der Waals surface area (Å²) in [5.74, 6) is 1.51. The molecular weight excluding hydrogens is 444 g/mol. The summed E-state index contributed by atoms with van der Waals surface area (Å²) >= 11 is 1.64. The van der Waals surface area contributed by atoms with Gasteiger partial charge in [0.15, 0.2) is 17.1 Å². The Balaban J connectivity index is 1.22. The number of pyridine rings is 1. The summed E-state index contributed by atoms with van der Waals surface area (Å²) < 4.78 is 18.0. The van der Waals surface area contributed by atoms with Crippen LogP contribution in [0.15, 0.2) is 48.0 Å². The van der Waals surface area contributed by atoms with E-state index < -0.39 is 6.10 Å². The Kier molecular flexibility index (Phi) is 5.84. The third kappa shape index (κ3) is 4.62. The molecule has 1 aliphatic rings. The quantitative estimate of drug-likeness (QED) is 0.411. The van der Waals surface area contributed by atoms with Crippen molar-refractivity contribution in [3.8, 4) is 17.2 Å². The summed E-state index contributed by atoms with van der Waals surface area (Å²) in [5.41, 5.74) is 1.84. The first-order chi connectivity index (χ1) is 16.1. The van der Waals surface area contributed by atoms with E-state index in [1.807, 2.05) is 24.4 Å². The van der Waals surface area contributed by atoms with Crippen molar-refractivity contribution in [1.82, 2.24) is 20.1 Å². The van der Waals surface area contributed by atoms with Crippen LogP contribution < -0.4 is 19.5 Å². The highest BCUT2D eigenvalue weighted by Gasteiger charge is 2.18. The number of aromatic nitrogens is 3. The third-order valence-electron chi connectivity index (χ3n) is 5.15. The molecular formula is C23H22N4O5S. The summed E-state index contributed by atoms with van der Waals surface area (Å²) in [6.45, 7) is 2.67. The molecule has 1 unspecified atom stereocenters. The molecule has 5 rings (SSSR count). The van der Waals surface area contributed by atoms with Crippen molar-refractivity contribution in [2.24, 2.45) is 0 Å². The molecule has 4 aromatic rings. The molecule has 1 aromatic carbocycles. The van der Waals surface area contributed by atoms with Crippen molar-refractivity contribution in [3.63, 3.8) is 0 Å². The molecule has 4 heterocycles. The van der Waals surface area contributed by atoms with Gasteiger partial charge in [0.25, 0.3) is 5.91 Å². The van der Waals surface area contributed by atoms with Crippen molar-refractivity contribution >= 4 is 28.3 Å². The molecule has 0 radical (unpaired) electrons. The predicted octanol–water partition coefficient (Wildman–Crippen LogP) is 2.75. The van der Waals surface area contributed by atoms with Crippen LogP contribution in [0.25, 0.3) is 11.0 Å². The highest BCUT2D eigenvalue weighted by Crippen LogP contribution is 2.35. The van der Waals surface area contributed by atoms with Crippen molar-refractivity contribution in [2.45, 2.75) is 19.6 Å². The zero-order chi connectivity index (χ0) is 22.8. The van der Waals surface area contributed by atoms with Crippen LogP contribution in [0.5, 0.6) is 17.2 Å². The molecule has 0 saturated heterocycles. The lowest BCUT2D eigenvalue weighted by Crippen LogP contribution is -2.35. The Labute approximate surface area is 193 Å². The summed E-state index contributed by atoms with van der Waals surface area (Å²) in [6.07, 6.45) is 0.767. The molecule has 10 heteroatoms. The molecule has 0 fully saturated rings. The van der Waals surface area contributed by atoms with Gasteiger partial charge in [-0.2, -0.15) is 5.10 Å². The Morgan fingerprint density at radius 2 is 2.18 bits per heavy atom. The van der Waals surface area contributed by atoms with Gasteiger partial charge in [0, 0.05) is 23.2 Å². The number of hydrogen-bond acceptors (Lipinski definition) is 8. The molecule has 0 bridgehead atoms. The highest BCUT2D eigenvalue weighted by molar-refractivity contribution is 7.09. The van der Waals surface area contributed by atoms with E-state index in [2.05, 4.69) is 15.4 Å². The predicted molar refractivity (Wildman–Crippen MR) is 122 cm³/mol. The van der Waals surface area contributed by atoms with Crippen molar-refractivity contribution < 1.29 is 24.1 Å². The van der Waals surface area contributed by atoms with Gasteiger partial charge in [-0.1, -0.05) is 6.07 Å². The van der Waals surface area contributed by atoms with E-state index in [0.29, 0.717) is 46.1 Å². The number of aliphatic hydroxyl groups is 1. The van der Waals surface area contributed by atoms with Gasteiger partial charge >= 0.3 is 0 Å². The zero-order valence-electron chi connectivity index (χ0n) is 17.9. The van der Waals surface area contributed by atoms with E-state index in [9.17, 15) is 9.90 Å². The van der Waals surface area contributed by atoms with Crippen LogP contribution in [0.2, 0.25) is 0 Å². The second-order valence-corrected chi connectivity index (χ2v) is 8.65. The van der Waals surface area contributed by atoms with E-state index in [1.54, 1.807) is 46.5 Å². The third-order valence-corrected chi connectivity index (χ3v) is 6.01. The number of aliphatic hydroxyl groups excluding tert-OH is 1. The number of nitrogens with zero attached hydrogens (tertiary/aromatic N) is 3. The van der Waals surface area contributed by atoms with Crippen LogP contribution in [0.4, 0.5) is 0 Å². The van der Waals surface area contributed by atoms with Gasteiger partial charge in [-0.15, -0.1) is 11.3 Å². The van der Waals surface area contributed by atoms with Gasteiger partial charge in [-0.25, -0.2) is 9.67 Å². The number of benzene rings is 1. The van der Waals surface area contributed by atoms with Crippen LogP contribution in [0.3, 0.4) is 0 Å². The fourth-order valence-electron chi connectivity index (χ4n) is 3.55. The van der Waals surface area contributed by atoms with E-state index in [4.69, 9.17) is 14.2 Å². The molecule has 0 aliphatic carbocycles. The SMILES string of the molecule is Cc1cc(C(=O)NCC(O)COc2ccc3c(c2)OCO3)c2cnn(Cc3cccs3)c2n1. The largest absolute Gasteiger partial charge is 0.491 e. The number of carbonyl (C=O) groups is 1. The second-order valence-electron chi connectivity index (χ2n) is 7.62. The number of ether oxygens (including phenoxy) is 3. The molecule has 3 aromatic heterocycles. The maximum absolute atomic E-state index is 12.9. The zero-order valence-corrected chi connectivity index (χ0v) is 18.7. The number of thiophene rings is 1. The van der Waals surface area contributed by atoms with Gasteiger partial charge in [0.1, 0.15) is 18.5 Å². The molecule has 9 nitrogen and oxygen atoms in total. The summed E-state index contributed by atoms with van der Waals surface area (Å²) in [5, 5.41) is 20.2. The van der Waals surface area contributed by atoms with Crippen molar-refractivity contribution in [1.29, 1.82) is 0 Å². The second kappa shape index (κ2) is 9.08. The first-order valence-electron chi connectivity index (χ1n) is 10.4. The summed E-state index contributed by atoms with van der Waals surface area (Å²) in [7, 11) is 0. The minimum Gasteiger partial charge on any atom is -0.491 e. The number of fused-ring (bicyclic) bond motifs is 2. The van der Waals surface area contributed by atoms with Crippen LogP contribution in [0.1, 0.15) is 20.9 Å². The highest BCUT2D eigenvalue weighted by atomic mass is 32.1. The monoisotopic (exact) mass is 466 g/mol. The maximum Gasteiger partial charge on any atom is 0.252 e. The van der Waals surface area contributed by atoms with E-state index in [-0.39, 0.29) is 25.9 Å². The van der Waals surface area contributed by atoms with Gasteiger partial charge in [0.2, 0.25) is 6.79 Å². The number of rotatable bonds is 8. The molecule has 0 saturated carbocycles. The Bertz CT molecular complexity index is 1290. The lowest BCUT2D eigenvalue weighted by Gasteiger charge is -2.14. The van der Waals surface area contributed by atoms with Gasteiger partial charge in [-0.3, -0.25) is 4.79 Å². The summed E-state index contributed by atoms with van der Waals surface area (Å²) in [6, 6.07) is 11.0. The molecule has 0 spiro atoms. The smallest absolute Gasteiger partial charge is 0.252 e. The van der Waals surface area contributed by atoms with E-state index >= 15 is 0 Å². The molecule has 1 amide bonds. The van der Waals surface area contributed by atoms with Crippen molar-refractivity contribution in [3.05, 3.63) is 64.1 Å². The number of amides is 1. The van der Waals surface area contributed by atoms with Gasteiger partial charge in [-0.05, 0) is 36.6 Å². The first-order valence-corrected chi connectivity index (χ1v) is 11.3. The molecule has 2 N–H and O–H groups in total. The maximum atomic E-state index is 12.9. The minimum atomic E-state index is -0.889. The van der Waals surface area contributed by atoms with Gasteiger partial charge < -0.3 is 24.6 Å². The Morgan fingerprint density at radius 1 is 1.30 bits per heavy atom. The Hall–Kier alpha value is -3.63. The number of hydrogen-bond donors (Lipinski definition) is 2. The lowest BCUT2D eigenvalue weighted by atomic mass is 10.1. The lowest BCUT2D eigenvalue weighted by molar-refractivity contribution is 0.0844. The normalized spacial score (nSPS) is 13.3. The van der Waals surface area contributed by atoms with Crippen LogP contribution in [-0.4, -0.2) is 51.8 Å². The van der Waals surface area contributed by atoms with Gasteiger partial charge in [0.05, 0.1) is 23.7 Å². The molecule has 1 atom stereocenters. The van der Waals surface area contributed by atoms with Crippen molar-refractivity contribution in [2.75, 3.05) is 19.9 Å². The van der Waals surface area contributed by atoms with Crippen LogP contribution >= 0.6 is 11.3 Å². The molecule has 170 valence electrons. The number of aryl methyl sites for hydroxylation is 1. The molecule has 33 heavy (non-hydrogen) atoms. The fraction of sp³-hybridized carbons (Fsp3) is 0.261.